The third-order valence-electron chi connectivity index (χ3n) is 3.62. The van der Waals surface area contributed by atoms with Crippen molar-refractivity contribution in [2.75, 3.05) is 6.61 Å². The second-order valence-corrected chi connectivity index (χ2v) is 6.50. The molecule has 0 aromatic heterocycles. The summed E-state index contributed by atoms with van der Waals surface area (Å²) in [5.74, 6) is -0.840. The van der Waals surface area contributed by atoms with Crippen molar-refractivity contribution in [2.24, 2.45) is 4.99 Å². The largest absolute Gasteiger partial charge is 0.489 e. The van der Waals surface area contributed by atoms with Gasteiger partial charge in [0.2, 0.25) is 0 Å². The Labute approximate surface area is 154 Å². The molecule has 5 nitrogen and oxygen atoms in total. The van der Waals surface area contributed by atoms with Gasteiger partial charge in [0.25, 0.3) is 5.91 Å². The Morgan fingerprint density at radius 2 is 1.92 bits per heavy atom. The maximum absolute atomic E-state index is 13.6. The summed E-state index contributed by atoms with van der Waals surface area (Å²) in [5.41, 5.74) is 1.17. The first-order valence-electron chi connectivity index (χ1n) is 8.01. The van der Waals surface area contributed by atoms with Gasteiger partial charge >= 0.3 is 5.97 Å². The Hall–Kier alpha value is -2.67. The van der Waals surface area contributed by atoms with Crippen LogP contribution in [0.5, 0.6) is 5.75 Å². The molecule has 2 aromatic carbocycles. The first kappa shape index (κ1) is 18.1. The van der Waals surface area contributed by atoms with Crippen LogP contribution in [-0.2, 0) is 20.9 Å². The maximum atomic E-state index is 13.6. The van der Waals surface area contributed by atoms with E-state index in [1.54, 1.807) is 49.4 Å². The quantitative estimate of drug-likeness (QED) is 0.574. The number of amides is 1. The van der Waals surface area contributed by atoms with E-state index in [1.807, 2.05) is 0 Å². The van der Waals surface area contributed by atoms with Crippen molar-refractivity contribution in [3.8, 4) is 5.75 Å². The predicted molar refractivity (Wildman–Crippen MR) is 96.7 cm³/mol. The second kappa shape index (κ2) is 8.14. The molecule has 3 rings (SSSR count). The van der Waals surface area contributed by atoms with Crippen molar-refractivity contribution in [1.82, 2.24) is 0 Å². The molecule has 0 saturated carbocycles. The highest BCUT2D eigenvalue weighted by atomic mass is 32.2. The number of esters is 1. The molecule has 0 saturated heterocycles. The van der Waals surface area contributed by atoms with Crippen molar-refractivity contribution in [3.05, 3.63) is 65.5 Å². The van der Waals surface area contributed by atoms with Gasteiger partial charge in [0, 0.05) is 11.1 Å². The normalized spacial score (nSPS) is 16.3. The number of thioether (sulfide) groups is 1. The summed E-state index contributed by atoms with van der Waals surface area (Å²) in [4.78, 5) is 27.5. The van der Waals surface area contributed by atoms with E-state index in [0.717, 1.165) is 11.8 Å². The van der Waals surface area contributed by atoms with Crippen molar-refractivity contribution in [3.63, 3.8) is 0 Å². The lowest BCUT2D eigenvalue weighted by Gasteiger charge is -2.08. The molecule has 1 atom stereocenters. The van der Waals surface area contributed by atoms with Crippen LogP contribution in [0, 0.1) is 5.82 Å². The number of rotatable bonds is 6. The van der Waals surface area contributed by atoms with Gasteiger partial charge in [-0.1, -0.05) is 30.0 Å². The average molecular weight is 373 g/mol. The van der Waals surface area contributed by atoms with E-state index in [2.05, 4.69) is 4.99 Å². The van der Waals surface area contributed by atoms with Crippen molar-refractivity contribution in [2.45, 2.75) is 18.8 Å². The molecule has 7 heteroatoms. The van der Waals surface area contributed by atoms with E-state index in [0.29, 0.717) is 21.9 Å². The molecular formula is C19H16FNO4S. The number of hydrogen-bond donors (Lipinski definition) is 0. The molecule has 1 unspecified atom stereocenters. The SMILES string of the molecule is CCOC(=O)C1SC(c2ccc(OCc3ccccc3F)cc2)=NC1=O. The highest BCUT2D eigenvalue weighted by Crippen LogP contribution is 2.28. The molecule has 0 fully saturated rings. The number of halogens is 1. The second-order valence-electron chi connectivity index (χ2n) is 5.41. The Bertz CT molecular complexity index is 851. The van der Waals surface area contributed by atoms with Gasteiger partial charge in [-0.25, -0.2) is 9.38 Å². The summed E-state index contributed by atoms with van der Waals surface area (Å²) >= 11 is 1.07. The summed E-state index contributed by atoms with van der Waals surface area (Å²) in [6.07, 6.45) is 0. The standard InChI is InChI=1S/C19H16FNO4S/c1-2-24-19(23)16-17(22)21-18(26-16)12-7-9-14(10-8-12)25-11-13-5-3-4-6-15(13)20/h3-10,16H,2,11H2,1H3. The van der Waals surface area contributed by atoms with Crippen LogP contribution in [0.3, 0.4) is 0 Å². The average Bonchev–Trinajstić information content (AvgIpc) is 3.03. The molecule has 1 aliphatic heterocycles. The topological polar surface area (TPSA) is 65.0 Å². The summed E-state index contributed by atoms with van der Waals surface area (Å²) in [6, 6.07) is 13.3. The number of carbonyl (C=O) groups is 2. The van der Waals surface area contributed by atoms with Gasteiger partial charge in [0.15, 0.2) is 5.25 Å². The highest BCUT2D eigenvalue weighted by molar-refractivity contribution is 8.16. The molecular weight excluding hydrogens is 357 g/mol. The van der Waals surface area contributed by atoms with Crippen LogP contribution in [0.2, 0.25) is 0 Å². The van der Waals surface area contributed by atoms with Crippen LogP contribution in [0.4, 0.5) is 4.39 Å². The molecule has 1 aliphatic rings. The van der Waals surface area contributed by atoms with Crippen molar-refractivity contribution >= 4 is 28.7 Å². The molecule has 1 heterocycles. The Morgan fingerprint density at radius 1 is 1.19 bits per heavy atom. The van der Waals surface area contributed by atoms with Crippen LogP contribution in [0.25, 0.3) is 0 Å². The minimum atomic E-state index is -0.943. The van der Waals surface area contributed by atoms with Gasteiger partial charge < -0.3 is 9.47 Å². The van der Waals surface area contributed by atoms with Crippen LogP contribution >= 0.6 is 11.8 Å². The molecule has 1 amide bonds. The number of carbonyl (C=O) groups excluding carboxylic acids is 2. The Kier molecular flexibility index (Phi) is 5.68. The van der Waals surface area contributed by atoms with Crippen LogP contribution < -0.4 is 4.74 Å². The fourth-order valence-electron chi connectivity index (χ4n) is 2.32. The van der Waals surface area contributed by atoms with E-state index in [9.17, 15) is 14.0 Å². The lowest BCUT2D eigenvalue weighted by Crippen LogP contribution is -2.25. The number of ether oxygens (including phenoxy) is 2. The summed E-state index contributed by atoms with van der Waals surface area (Å²) in [5, 5.41) is -0.476. The molecule has 0 aliphatic carbocycles. The van der Waals surface area contributed by atoms with Gasteiger partial charge in [-0.3, -0.25) is 9.59 Å². The van der Waals surface area contributed by atoms with Crippen molar-refractivity contribution < 1.29 is 23.5 Å². The third kappa shape index (κ3) is 4.11. The smallest absolute Gasteiger partial charge is 0.329 e. The monoisotopic (exact) mass is 373 g/mol. The number of nitrogens with zero attached hydrogens (tertiary/aromatic N) is 1. The molecule has 2 aromatic rings. The maximum Gasteiger partial charge on any atom is 0.329 e. The Morgan fingerprint density at radius 3 is 2.62 bits per heavy atom. The first-order valence-corrected chi connectivity index (χ1v) is 8.89. The lowest BCUT2D eigenvalue weighted by molar-refractivity contribution is -0.144. The molecule has 26 heavy (non-hydrogen) atoms. The van der Waals surface area contributed by atoms with Gasteiger partial charge in [-0.15, -0.1) is 0 Å². The van der Waals surface area contributed by atoms with E-state index in [1.165, 1.54) is 6.07 Å². The fraction of sp³-hybridized carbons (Fsp3) is 0.211. The summed E-state index contributed by atoms with van der Waals surface area (Å²) in [7, 11) is 0. The molecule has 0 bridgehead atoms. The van der Waals surface area contributed by atoms with E-state index in [-0.39, 0.29) is 19.0 Å². The zero-order valence-electron chi connectivity index (χ0n) is 14.0. The van der Waals surface area contributed by atoms with Crippen molar-refractivity contribution in [1.29, 1.82) is 0 Å². The van der Waals surface area contributed by atoms with Crippen LogP contribution in [-0.4, -0.2) is 28.8 Å². The highest BCUT2D eigenvalue weighted by Gasteiger charge is 2.36. The minimum Gasteiger partial charge on any atom is -0.489 e. The van der Waals surface area contributed by atoms with Gasteiger partial charge in [-0.05, 0) is 37.3 Å². The summed E-state index contributed by atoms with van der Waals surface area (Å²) in [6.45, 7) is 2.02. The fourth-order valence-corrected chi connectivity index (χ4v) is 3.27. The van der Waals surface area contributed by atoms with Gasteiger partial charge in [-0.2, -0.15) is 0 Å². The number of aliphatic imine (C=N–C) groups is 1. The molecule has 134 valence electrons. The Balaban J connectivity index is 1.63. The summed E-state index contributed by atoms with van der Waals surface area (Å²) < 4.78 is 24.0. The predicted octanol–water partition coefficient (Wildman–Crippen LogP) is 3.36. The van der Waals surface area contributed by atoms with Crippen LogP contribution in [0.15, 0.2) is 53.5 Å². The van der Waals surface area contributed by atoms with Crippen LogP contribution in [0.1, 0.15) is 18.1 Å². The number of benzene rings is 2. The van der Waals surface area contributed by atoms with E-state index >= 15 is 0 Å². The first-order chi connectivity index (χ1) is 12.6. The van der Waals surface area contributed by atoms with Gasteiger partial charge in [0.05, 0.1) is 6.61 Å². The minimum absolute atomic E-state index is 0.116. The van der Waals surface area contributed by atoms with Gasteiger partial charge in [0.1, 0.15) is 23.2 Å². The molecule has 0 spiro atoms. The zero-order valence-corrected chi connectivity index (χ0v) is 14.8. The zero-order chi connectivity index (χ0) is 18.5. The molecule has 0 radical (unpaired) electrons. The number of hydrogen-bond acceptors (Lipinski definition) is 5. The lowest BCUT2D eigenvalue weighted by atomic mass is 10.2. The molecule has 0 N–H and O–H groups in total. The van der Waals surface area contributed by atoms with E-state index in [4.69, 9.17) is 9.47 Å². The van der Waals surface area contributed by atoms with E-state index < -0.39 is 17.1 Å². The third-order valence-corrected chi connectivity index (χ3v) is 4.80.